The van der Waals surface area contributed by atoms with Crippen LogP contribution in [-0.4, -0.2) is 15.5 Å². The number of nitrogens with zero attached hydrogens (tertiary/aromatic N) is 2. The summed E-state index contributed by atoms with van der Waals surface area (Å²) < 4.78 is 8.70. The van der Waals surface area contributed by atoms with Gasteiger partial charge in [-0.2, -0.15) is 0 Å². The Hall–Kier alpha value is -1.85. The minimum atomic E-state index is 0.165. The SMILES string of the molecule is CC(C)Oc1ccc(-c2nc3ccc(Br)cn3c2CN)cc1. The van der Waals surface area contributed by atoms with E-state index in [0.717, 1.165) is 32.8 Å². The predicted octanol–water partition coefficient (Wildman–Crippen LogP) is 4.01. The summed E-state index contributed by atoms with van der Waals surface area (Å²) in [4.78, 5) is 4.71. The van der Waals surface area contributed by atoms with Gasteiger partial charge in [0.25, 0.3) is 0 Å². The maximum absolute atomic E-state index is 5.94. The second-order valence-corrected chi connectivity index (χ2v) is 6.29. The molecule has 0 aliphatic heterocycles. The minimum absolute atomic E-state index is 0.165. The van der Waals surface area contributed by atoms with Gasteiger partial charge in [-0.3, -0.25) is 0 Å². The van der Waals surface area contributed by atoms with Crippen LogP contribution in [0.25, 0.3) is 16.9 Å². The van der Waals surface area contributed by atoms with Crippen molar-refractivity contribution in [2.75, 3.05) is 0 Å². The Morgan fingerprint density at radius 1 is 1.18 bits per heavy atom. The number of benzene rings is 1. The fourth-order valence-electron chi connectivity index (χ4n) is 2.46. The van der Waals surface area contributed by atoms with Gasteiger partial charge in [0.15, 0.2) is 0 Å². The highest BCUT2D eigenvalue weighted by molar-refractivity contribution is 9.10. The molecule has 0 amide bonds. The zero-order valence-electron chi connectivity index (χ0n) is 12.6. The number of imidazole rings is 1. The molecule has 1 aromatic carbocycles. The van der Waals surface area contributed by atoms with Crippen molar-refractivity contribution in [2.45, 2.75) is 26.5 Å². The summed E-state index contributed by atoms with van der Waals surface area (Å²) in [5, 5.41) is 0. The van der Waals surface area contributed by atoms with E-state index in [0.29, 0.717) is 6.54 Å². The lowest BCUT2D eigenvalue weighted by atomic mass is 10.1. The van der Waals surface area contributed by atoms with Crippen molar-refractivity contribution in [2.24, 2.45) is 5.73 Å². The molecular formula is C17H18BrN3O. The number of rotatable bonds is 4. The molecule has 0 spiro atoms. The zero-order chi connectivity index (χ0) is 15.7. The van der Waals surface area contributed by atoms with E-state index in [-0.39, 0.29) is 6.10 Å². The molecule has 0 unspecified atom stereocenters. The zero-order valence-corrected chi connectivity index (χ0v) is 14.2. The Kier molecular flexibility index (Phi) is 4.18. The second kappa shape index (κ2) is 6.10. The highest BCUT2D eigenvalue weighted by Gasteiger charge is 2.13. The molecule has 0 atom stereocenters. The van der Waals surface area contributed by atoms with Crippen molar-refractivity contribution in [3.63, 3.8) is 0 Å². The first-order chi connectivity index (χ1) is 10.6. The van der Waals surface area contributed by atoms with Crippen LogP contribution in [0.5, 0.6) is 5.75 Å². The number of nitrogens with two attached hydrogens (primary N) is 1. The van der Waals surface area contributed by atoms with Crippen LogP contribution in [0.3, 0.4) is 0 Å². The molecule has 2 N–H and O–H groups in total. The molecule has 0 saturated carbocycles. The van der Waals surface area contributed by atoms with Crippen LogP contribution >= 0.6 is 15.9 Å². The summed E-state index contributed by atoms with van der Waals surface area (Å²) in [5.74, 6) is 0.861. The van der Waals surface area contributed by atoms with Crippen molar-refractivity contribution >= 4 is 21.6 Å². The van der Waals surface area contributed by atoms with E-state index in [1.165, 1.54) is 0 Å². The van der Waals surface area contributed by atoms with Crippen LogP contribution < -0.4 is 10.5 Å². The molecule has 0 radical (unpaired) electrons. The van der Waals surface area contributed by atoms with E-state index in [9.17, 15) is 0 Å². The van der Waals surface area contributed by atoms with Gasteiger partial charge in [-0.15, -0.1) is 0 Å². The summed E-state index contributed by atoms with van der Waals surface area (Å²) in [6.45, 7) is 4.46. The molecule has 22 heavy (non-hydrogen) atoms. The van der Waals surface area contributed by atoms with Crippen LogP contribution in [0, 0.1) is 0 Å². The molecule has 0 aliphatic rings. The van der Waals surface area contributed by atoms with Gasteiger partial charge in [-0.05, 0) is 66.2 Å². The van der Waals surface area contributed by atoms with Gasteiger partial charge in [0.1, 0.15) is 11.4 Å². The van der Waals surface area contributed by atoms with E-state index in [4.69, 9.17) is 15.5 Å². The second-order valence-electron chi connectivity index (χ2n) is 5.38. The maximum Gasteiger partial charge on any atom is 0.137 e. The number of hydrogen-bond donors (Lipinski definition) is 1. The Morgan fingerprint density at radius 3 is 2.55 bits per heavy atom. The standard InChI is InChI=1S/C17H18BrN3O/c1-11(2)22-14-6-3-12(4-7-14)17-15(9-19)21-10-13(18)5-8-16(21)20-17/h3-8,10-11H,9,19H2,1-2H3. The number of ether oxygens (including phenoxy) is 1. The van der Waals surface area contributed by atoms with Crippen molar-refractivity contribution in [1.82, 2.24) is 9.38 Å². The van der Waals surface area contributed by atoms with Crippen LogP contribution in [0.1, 0.15) is 19.5 Å². The molecule has 0 aliphatic carbocycles. The van der Waals surface area contributed by atoms with Crippen LogP contribution in [0.2, 0.25) is 0 Å². The van der Waals surface area contributed by atoms with Crippen LogP contribution in [0.15, 0.2) is 47.1 Å². The Bertz CT molecular complexity index is 794. The molecular weight excluding hydrogens is 342 g/mol. The van der Waals surface area contributed by atoms with Gasteiger partial charge >= 0.3 is 0 Å². The topological polar surface area (TPSA) is 52.5 Å². The van der Waals surface area contributed by atoms with E-state index in [1.54, 1.807) is 0 Å². The number of aromatic nitrogens is 2. The molecule has 114 valence electrons. The van der Waals surface area contributed by atoms with Crippen LogP contribution in [0.4, 0.5) is 0 Å². The highest BCUT2D eigenvalue weighted by atomic mass is 79.9. The maximum atomic E-state index is 5.94. The van der Waals surface area contributed by atoms with Gasteiger partial charge in [0.05, 0.1) is 17.5 Å². The summed E-state index contributed by atoms with van der Waals surface area (Å²) in [6, 6.07) is 11.9. The van der Waals surface area contributed by atoms with Gasteiger partial charge < -0.3 is 14.9 Å². The molecule has 3 aromatic rings. The molecule has 2 aromatic heterocycles. The third-order valence-electron chi connectivity index (χ3n) is 3.37. The van der Waals surface area contributed by atoms with Crippen molar-refractivity contribution in [3.8, 4) is 17.0 Å². The number of hydrogen-bond acceptors (Lipinski definition) is 3. The molecule has 2 heterocycles. The molecule has 5 heteroatoms. The average Bonchev–Trinajstić information content (AvgIpc) is 2.85. The third kappa shape index (κ3) is 2.87. The first-order valence-corrected chi connectivity index (χ1v) is 8.01. The first kappa shape index (κ1) is 15.1. The highest BCUT2D eigenvalue weighted by Crippen LogP contribution is 2.27. The summed E-state index contributed by atoms with van der Waals surface area (Å²) in [6.07, 6.45) is 2.16. The average molecular weight is 360 g/mol. The third-order valence-corrected chi connectivity index (χ3v) is 3.84. The fraction of sp³-hybridized carbons (Fsp3) is 0.235. The Labute approximate surface area is 138 Å². The summed E-state index contributed by atoms with van der Waals surface area (Å²) in [5.41, 5.74) is 9.78. The smallest absolute Gasteiger partial charge is 0.137 e. The van der Waals surface area contributed by atoms with E-state index >= 15 is 0 Å². The lowest BCUT2D eigenvalue weighted by molar-refractivity contribution is 0.242. The normalized spacial score (nSPS) is 11.3. The molecule has 3 rings (SSSR count). The number of pyridine rings is 1. The van der Waals surface area contributed by atoms with E-state index < -0.39 is 0 Å². The van der Waals surface area contributed by atoms with Gasteiger partial charge in [0, 0.05) is 22.8 Å². The molecule has 4 nitrogen and oxygen atoms in total. The monoisotopic (exact) mass is 359 g/mol. The summed E-state index contributed by atoms with van der Waals surface area (Å²) >= 11 is 3.49. The van der Waals surface area contributed by atoms with Gasteiger partial charge in [0.2, 0.25) is 0 Å². The Balaban J connectivity index is 2.05. The molecule has 0 fully saturated rings. The quantitative estimate of drug-likeness (QED) is 0.765. The number of fused-ring (bicyclic) bond motifs is 1. The number of halogens is 1. The molecule has 0 saturated heterocycles. The van der Waals surface area contributed by atoms with E-state index in [1.807, 2.05) is 60.8 Å². The lowest BCUT2D eigenvalue weighted by Gasteiger charge is -2.10. The lowest BCUT2D eigenvalue weighted by Crippen LogP contribution is -2.05. The van der Waals surface area contributed by atoms with Gasteiger partial charge in [-0.25, -0.2) is 4.98 Å². The van der Waals surface area contributed by atoms with E-state index in [2.05, 4.69) is 15.9 Å². The van der Waals surface area contributed by atoms with Crippen molar-refractivity contribution in [1.29, 1.82) is 0 Å². The first-order valence-electron chi connectivity index (χ1n) is 7.22. The summed E-state index contributed by atoms with van der Waals surface area (Å²) in [7, 11) is 0. The van der Waals surface area contributed by atoms with Gasteiger partial charge in [-0.1, -0.05) is 0 Å². The molecule has 0 bridgehead atoms. The fourth-order valence-corrected chi connectivity index (χ4v) is 2.79. The Morgan fingerprint density at radius 2 is 1.91 bits per heavy atom. The van der Waals surface area contributed by atoms with Crippen molar-refractivity contribution in [3.05, 3.63) is 52.8 Å². The van der Waals surface area contributed by atoms with Crippen molar-refractivity contribution < 1.29 is 4.74 Å². The largest absolute Gasteiger partial charge is 0.491 e. The minimum Gasteiger partial charge on any atom is -0.491 e. The predicted molar refractivity (Wildman–Crippen MR) is 92.0 cm³/mol. The van der Waals surface area contributed by atoms with Crippen LogP contribution in [-0.2, 0) is 6.54 Å².